The molecule has 0 atom stereocenters. The van der Waals surface area contributed by atoms with Crippen molar-refractivity contribution in [1.82, 2.24) is 4.90 Å². The van der Waals surface area contributed by atoms with Crippen molar-refractivity contribution < 1.29 is 40.4 Å². The summed E-state index contributed by atoms with van der Waals surface area (Å²) in [7, 11) is -3.39. The van der Waals surface area contributed by atoms with Crippen LogP contribution in [0.1, 0.15) is 36.1 Å². The minimum Gasteiger partial charge on any atom is -0.305 e. The monoisotopic (exact) mass is 624 g/mol. The van der Waals surface area contributed by atoms with Gasteiger partial charge in [0, 0.05) is 30.7 Å². The van der Waals surface area contributed by atoms with Crippen LogP contribution in [0, 0.1) is 5.82 Å². The highest BCUT2D eigenvalue weighted by molar-refractivity contribution is 7.90. The van der Waals surface area contributed by atoms with Gasteiger partial charge in [0.15, 0.2) is 9.84 Å². The number of carbonyl (C=O) groups excluding carboxylic acids is 3. The predicted octanol–water partition coefficient (Wildman–Crippen LogP) is 6.00. The second kappa shape index (κ2) is 11.1. The van der Waals surface area contributed by atoms with E-state index in [0.29, 0.717) is 38.7 Å². The highest BCUT2D eigenvalue weighted by Gasteiger charge is 2.52. The first kappa shape index (κ1) is 31.2. The highest BCUT2D eigenvalue weighted by atomic mass is 35.5. The summed E-state index contributed by atoms with van der Waals surface area (Å²) in [6.45, 7) is 2.69. The molecule has 4 rings (SSSR count). The molecule has 0 unspecified atom stereocenters. The number of sulfone groups is 1. The Morgan fingerprint density at radius 1 is 0.929 bits per heavy atom. The maximum Gasteiger partial charge on any atom is 0.419 e. The van der Waals surface area contributed by atoms with Crippen molar-refractivity contribution in [1.29, 1.82) is 0 Å². The van der Waals surface area contributed by atoms with Gasteiger partial charge in [0.1, 0.15) is 17.1 Å². The molecule has 13 heteroatoms. The summed E-state index contributed by atoms with van der Waals surface area (Å²) in [6, 6.07) is 11.5. The first-order chi connectivity index (χ1) is 19.4. The van der Waals surface area contributed by atoms with Crippen LogP contribution in [0.2, 0.25) is 5.02 Å². The average molecular weight is 625 g/mol. The van der Waals surface area contributed by atoms with E-state index < -0.39 is 50.6 Å². The molecule has 1 heterocycles. The van der Waals surface area contributed by atoms with Crippen molar-refractivity contribution in [3.8, 4) is 0 Å². The standard InChI is InChI=1S/C29H25ClF4N2O5S/c1-28(2)26(38)36(21-8-11-25(31)24(15-21)29(32,33)34)27(39)35(28)16-18-6-7-20(30)13-19(18)14-22(37)12-17-4-9-23(10-5-17)42(3,40)41/h4-11,13,15H,12,14,16H2,1-3H3. The van der Waals surface area contributed by atoms with Crippen molar-refractivity contribution in [2.24, 2.45) is 0 Å². The number of ketones is 1. The Kier molecular flexibility index (Phi) is 8.27. The van der Waals surface area contributed by atoms with E-state index in [1.807, 2.05) is 0 Å². The molecule has 0 aromatic heterocycles. The minimum absolute atomic E-state index is 0.0114. The Labute approximate surface area is 244 Å². The van der Waals surface area contributed by atoms with Gasteiger partial charge in [0.25, 0.3) is 5.91 Å². The summed E-state index contributed by atoms with van der Waals surface area (Å²) in [5.41, 5.74) is -2.00. The molecule has 0 radical (unpaired) electrons. The fraction of sp³-hybridized carbons (Fsp3) is 0.276. The summed E-state index contributed by atoms with van der Waals surface area (Å²) in [4.78, 5) is 41.5. The fourth-order valence-corrected chi connectivity index (χ4v) is 5.46. The van der Waals surface area contributed by atoms with Crippen molar-refractivity contribution in [3.63, 3.8) is 0 Å². The van der Waals surface area contributed by atoms with E-state index in [1.165, 1.54) is 32.0 Å². The first-order valence-corrected chi connectivity index (χ1v) is 14.8. The molecule has 3 aromatic carbocycles. The number of amides is 3. The van der Waals surface area contributed by atoms with Crippen molar-refractivity contribution in [2.75, 3.05) is 11.2 Å². The van der Waals surface area contributed by atoms with Gasteiger partial charge in [-0.15, -0.1) is 0 Å². The molecular formula is C29H25ClF4N2O5S. The molecule has 1 saturated heterocycles. The number of nitrogens with zero attached hydrogens (tertiary/aromatic N) is 2. The highest BCUT2D eigenvalue weighted by Crippen LogP contribution is 2.38. The van der Waals surface area contributed by atoms with Gasteiger partial charge in [-0.3, -0.25) is 9.59 Å². The van der Waals surface area contributed by atoms with Crippen LogP contribution in [0.5, 0.6) is 0 Å². The smallest absolute Gasteiger partial charge is 0.305 e. The molecule has 0 spiro atoms. The lowest BCUT2D eigenvalue weighted by molar-refractivity contribution is -0.140. The number of imide groups is 1. The SMILES string of the molecule is CC1(C)C(=O)N(c2ccc(F)c(C(F)(F)F)c2)C(=O)N1Cc1ccc(Cl)cc1CC(=O)Cc1ccc(S(C)(=O)=O)cc1. The number of halogens is 5. The van der Waals surface area contributed by atoms with Crippen LogP contribution < -0.4 is 4.90 Å². The van der Waals surface area contributed by atoms with Gasteiger partial charge in [-0.2, -0.15) is 13.2 Å². The predicted molar refractivity (Wildman–Crippen MR) is 147 cm³/mol. The number of anilines is 1. The summed E-state index contributed by atoms with van der Waals surface area (Å²) in [6.07, 6.45) is -4.08. The first-order valence-electron chi connectivity index (χ1n) is 12.5. The molecule has 0 aliphatic carbocycles. The molecule has 0 N–H and O–H groups in total. The lowest BCUT2D eigenvalue weighted by Gasteiger charge is -2.28. The third-order valence-corrected chi connectivity index (χ3v) is 8.34. The van der Waals surface area contributed by atoms with Crippen LogP contribution in [0.3, 0.4) is 0 Å². The average Bonchev–Trinajstić information content (AvgIpc) is 3.04. The number of rotatable bonds is 8. The van der Waals surface area contributed by atoms with Crippen molar-refractivity contribution >= 4 is 44.8 Å². The van der Waals surface area contributed by atoms with E-state index in [1.54, 1.807) is 24.3 Å². The van der Waals surface area contributed by atoms with E-state index in [2.05, 4.69) is 0 Å². The zero-order chi connectivity index (χ0) is 31.2. The zero-order valence-electron chi connectivity index (χ0n) is 22.6. The van der Waals surface area contributed by atoms with Crippen LogP contribution in [-0.2, 0) is 45.0 Å². The normalized spacial score (nSPS) is 15.4. The van der Waals surface area contributed by atoms with Gasteiger partial charge < -0.3 is 4.90 Å². The molecular weight excluding hydrogens is 600 g/mol. The van der Waals surface area contributed by atoms with Crippen molar-refractivity contribution in [3.05, 3.63) is 93.8 Å². The quantitative estimate of drug-likeness (QED) is 0.226. The van der Waals surface area contributed by atoms with E-state index >= 15 is 0 Å². The van der Waals surface area contributed by atoms with Gasteiger partial charge in [-0.05, 0) is 73.0 Å². The molecule has 1 aliphatic heterocycles. The molecule has 3 aromatic rings. The topological polar surface area (TPSA) is 91.8 Å². The van der Waals surface area contributed by atoms with Crippen LogP contribution >= 0.6 is 11.6 Å². The van der Waals surface area contributed by atoms with Gasteiger partial charge in [0.05, 0.1) is 16.1 Å². The number of urea groups is 1. The fourth-order valence-electron chi connectivity index (χ4n) is 4.64. The zero-order valence-corrected chi connectivity index (χ0v) is 24.2. The lowest BCUT2D eigenvalue weighted by Crippen LogP contribution is -2.43. The summed E-state index contributed by atoms with van der Waals surface area (Å²) in [5, 5.41) is 0.315. The van der Waals surface area contributed by atoms with E-state index in [9.17, 15) is 40.4 Å². The molecule has 222 valence electrons. The van der Waals surface area contributed by atoms with E-state index in [-0.39, 0.29) is 30.1 Å². The van der Waals surface area contributed by atoms with Crippen LogP contribution in [-0.4, -0.2) is 42.8 Å². The van der Waals surface area contributed by atoms with Crippen LogP contribution in [0.15, 0.2) is 65.6 Å². The summed E-state index contributed by atoms with van der Waals surface area (Å²) < 4.78 is 77.2. The Hall–Kier alpha value is -3.77. The molecule has 1 aliphatic rings. The third kappa shape index (κ3) is 6.34. The van der Waals surface area contributed by atoms with Crippen LogP contribution in [0.4, 0.5) is 28.0 Å². The number of Topliss-reactive ketones (excluding diaryl/α,β-unsaturated/α-hetero) is 1. The summed E-state index contributed by atoms with van der Waals surface area (Å²) in [5.74, 6) is -2.58. The number of hydrogen-bond donors (Lipinski definition) is 0. The summed E-state index contributed by atoms with van der Waals surface area (Å²) >= 11 is 6.18. The largest absolute Gasteiger partial charge is 0.419 e. The van der Waals surface area contributed by atoms with E-state index in [4.69, 9.17) is 11.6 Å². The Bertz CT molecular complexity index is 1690. The number of alkyl halides is 3. The molecule has 42 heavy (non-hydrogen) atoms. The molecule has 3 amide bonds. The van der Waals surface area contributed by atoms with Crippen molar-refractivity contribution in [2.45, 2.75) is 49.8 Å². The lowest BCUT2D eigenvalue weighted by atomic mass is 9.97. The Morgan fingerprint density at radius 2 is 1.57 bits per heavy atom. The second-order valence-corrected chi connectivity index (χ2v) is 12.9. The van der Waals surface area contributed by atoms with Gasteiger partial charge in [-0.1, -0.05) is 29.8 Å². The number of carbonyl (C=O) groups is 3. The molecule has 7 nitrogen and oxygen atoms in total. The van der Waals surface area contributed by atoms with Gasteiger partial charge in [-0.25, -0.2) is 22.5 Å². The third-order valence-electron chi connectivity index (χ3n) is 6.97. The Morgan fingerprint density at radius 3 is 2.17 bits per heavy atom. The van der Waals surface area contributed by atoms with Gasteiger partial charge in [0.2, 0.25) is 0 Å². The molecule has 0 saturated carbocycles. The molecule has 0 bridgehead atoms. The molecule has 1 fully saturated rings. The van der Waals surface area contributed by atoms with Crippen LogP contribution in [0.25, 0.3) is 0 Å². The van der Waals surface area contributed by atoms with Gasteiger partial charge >= 0.3 is 12.2 Å². The maximum atomic E-state index is 13.9. The Balaban J connectivity index is 1.59. The minimum atomic E-state index is -5.04. The number of hydrogen-bond acceptors (Lipinski definition) is 5. The maximum absolute atomic E-state index is 13.9. The van der Waals surface area contributed by atoms with E-state index in [0.717, 1.165) is 17.2 Å². The second-order valence-electron chi connectivity index (χ2n) is 10.5. The number of benzene rings is 3.